The molecular formula is C20H24N4O. The van der Waals surface area contributed by atoms with Crippen LogP contribution in [0.3, 0.4) is 0 Å². The first-order valence-corrected chi connectivity index (χ1v) is 8.67. The highest BCUT2D eigenvalue weighted by Crippen LogP contribution is 2.19. The second-order valence-electron chi connectivity index (χ2n) is 6.73. The number of hydrogen-bond donors (Lipinski definition) is 0. The highest BCUT2D eigenvalue weighted by molar-refractivity contribution is 5.92. The summed E-state index contributed by atoms with van der Waals surface area (Å²) in [5, 5.41) is 0. The van der Waals surface area contributed by atoms with Gasteiger partial charge in [-0.25, -0.2) is 4.98 Å². The van der Waals surface area contributed by atoms with Crippen LogP contribution in [0.25, 0.3) is 11.0 Å². The molecule has 0 aliphatic carbocycles. The van der Waals surface area contributed by atoms with Crippen molar-refractivity contribution in [2.75, 3.05) is 7.05 Å². The molecule has 2 aromatic heterocycles. The zero-order valence-electron chi connectivity index (χ0n) is 15.0. The minimum absolute atomic E-state index is 0.0944. The van der Waals surface area contributed by atoms with Gasteiger partial charge < -0.3 is 9.47 Å². The molecule has 0 aliphatic heterocycles. The number of imidazole rings is 1. The largest absolute Gasteiger partial charge is 0.333 e. The summed E-state index contributed by atoms with van der Waals surface area (Å²) in [5.41, 5.74) is 2.55. The second kappa shape index (κ2) is 7.47. The Morgan fingerprint density at radius 1 is 1.16 bits per heavy atom. The number of pyridine rings is 1. The molecule has 0 atom stereocenters. The van der Waals surface area contributed by atoms with E-state index in [0.29, 0.717) is 18.2 Å². The summed E-state index contributed by atoms with van der Waals surface area (Å²) < 4.78 is 2.23. The van der Waals surface area contributed by atoms with Crippen molar-refractivity contribution in [3.8, 4) is 0 Å². The quantitative estimate of drug-likeness (QED) is 0.689. The zero-order valence-corrected chi connectivity index (χ0v) is 15.0. The lowest BCUT2D eigenvalue weighted by atomic mass is 10.1. The van der Waals surface area contributed by atoms with Gasteiger partial charge >= 0.3 is 0 Å². The predicted octanol–water partition coefficient (Wildman–Crippen LogP) is 3.75. The van der Waals surface area contributed by atoms with Crippen LogP contribution in [-0.4, -0.2) is 32.4 Å². The molecule has 25 heavy (non-hydrogen) atoms. The van der Waals surface area contributed by atoms with Crippen LogP contribution in [-0.2, 0) is 13.1 Å². The molecule has 0 bridgehead atoms. The van der Waals surface area contributed by atoms with Crippen LogP contribution in [0.2, 0.25) is 0 Å². The normalized spacial score (nSPS) is 11.2. The molecule has 130 valence electrons. The standard InChI is InChI=1S/C20H24N4O/c1-15(2)11-13-24-18-10-5-4-8-16(18)22-19(24)14-23(3)20(25)17-9-6-7-12-21-17/h4-10,12,15H,11,13-14H2,1-3H3. The monoisotopic (exact) mass is 336 g/mol. The summed E-state index contributed by atoms with van der Waals surface area (Å²) in [7, 11) is 1.79. The summed E-state index contributed by atoms with van der Waals surface area (Å²) in [5.74, 6) is 1.43. The van der Waals surface area contributed by atoms with Crippen molar-refractivity contribution in [3.05, 3.63) is 60.2 Å². The Bertz CT molecular complexity index is 855. The summed E-state index contributed by atoms with van der Waals surface area (Å²) in [6, 6.07) is 13.5. The van der Waals surface area contributed by atoms with Crippen LogP contribution in [0.15, 0.2) is 48.7 Å². The number of aryl methyl sites for hydroxylation is 1. The SMILES string of the molecule is CC(C)CCn1c(CN(C)C(=O)c2ccccn2)nc2ccccc21. The van der Waals surface area contributed by atoms with Crippen molar-refractivity contribution in [2.24, 2.45) is 5.92 Å². The van der Waals surface area contributed by atoms with Gasteiger partial charge in [0.05, 0.1) is 17.6 Å². The van der Waals surface area contributed by atoms with Crippen molar-refractivity contribution in [1.29, 1.82) is 0 Å². The number of benzene rings is 1. The molecule has 0 N–H and O–H groups in total. The Hall–Kier alpha value is -2.69. The van der Waals surface area contributed by atoms with Gasteiger partial charge in [-0.3, -0.25) is 9.78 Å². The molecule has 3 rings (SSSR count). The molecule has 3 aromatic rings. The summed E-state index contributed by atoms with van der Waals surface area (Å²) >= 11 is 0. The molecule has 0 fully saturated rings. The molecule has 5 heteroatoms. The van der Waals surface area contributed by atoms with Gasteiger partial charge in [-0.1, -0.05) is 32.0 Å². The van der Waals surface area contributed by atoms with E-state index in [1.54, 1.807) is 24.2 Å². The van der Waals surface area contributed by atoms with Crippen molar-refractivity contribution < 1.29 is 4.79 Å². The molecule has 0 aliphatic rings. The Balaban J connectivity index is 1.87. The number of amides is 1. The molecule has 1 aromatic carbocycles. The lowest BCUT2D eigenvalue weighted by molar-refractivity contribution is 0.0774. The molecule has 5 nitrogen and oxygen atoms in total. The van der Waals surface area contributed by atoms with Crippen molar-refractivity contribution in [2.45, 2.75) is 33.4 Å². The number of rotatable bonds is 6. The third-order valence-corrected chi connectivity index (χ3v) is 4.27. The van der Waals surface area contributed by atoms with E-state index in [0.717, 1.165) is 29.8 Å². The number of aromatic nitrogens is 3. The van der Waals surface area contributed by atoms with Crippen LogP contribution < -0.4 is 0 Å². The van der Waals surface area contributed by atoms with Gasteiger partial charge in [0.2, 0.25) is 0 Å². The molecular weight excluding hydrogens is 312 g/mol. The zero-order chi connectivity index (χ0) is 17.8. The highest BCUT2D eigenvalue weighted by atomic mass is 16.2. The first-order valence-electron chi connectivity index (χ1n) is 8.67. The van der Waals surface area contributed by atoms with Crippen LogP contribution >= 0.6 is 0 Å². The summed E-state index contributed by atoms with van der Waals surface area (Å²) in [6.45, 7) is 5.80. The average molecular weight is 336 g/mol. The number of fused-ring (bicyclic) bond motifs is 1. The maximum absolute atomic E-state index is 12.6. The highest BCUT2D eigenvalue weighted by Gasteiger charge is 2.17. The van der Waals surface area contributed by atoms with Crippen LogP contribution in [0.5, 0.6) is 0 Å². The van der Waals surface area contributed by atoms with Crippen LogP contribution in [0.4, 0.5) is 0 Å². The first-order chi connectivity index (χ1) is 12.1. The first kappa shape index (κ1) is 17.1. The van der Waals surface area contributed by atoms with Crippen LogP contribution in [0, 0.1) is 5.92 Å². The Morgan fingerprint density at radius 3 is 2.64 bits per heavy atom. The van der Waals surface area contributed by atoms with Gasteiger partial charge in [-0.2, -0.15) is 0 Å². The van der Waals surface area contributed by atoms with E-state index in [2.05, 4.69) is 29.5 Å². The second-order valence-corrected chi connectivity index (χ2v) is 6.73. The van der Waals surface area contributed by atoms with Gasteiger partial charge in [-0.15, -0.1) is 0 Å². The molecule has 0 unspecified atom stereocenters. The Morgan fingerprint density at radius 2 is 1.92 bits per heavy atom. The molecule has 0 spiro atoms. The predicted molar refractivity (Wildman–Crippen MR) is 99.2 cm³/mol. The van der Waals surface area contributed by atoms with E-state index in [1.165, 1.54) is 0 Å². The average Bonchev–Trinajstić information content (AvgIpc) is 2.97. The third-order valence-electron chi connectivity index (χ3n) is 4.27. The minimum Gasteiger partial charge on any atom is -0.333 e. The van der Waals surface area contributed by atoms with E-state index in [4.69, 9.17) is 4.98 Å². The molecule has 0 radical (unpaired) electrons. The molecule has 0 saturated carbocycles. The van der Waals surface area contributed by atoms with E-state index in [-0.39, 0.29) is 5.91 Å². The van der Waals surface area contributed by atoms with E-state index in [9.17, 15) is 4.79 Å². The maximum Gasteiger partial charge on any atom is 0.272 e. The van der Waals surface area contributed by atoms with Gasteiger partial charge in [0.25, 0.3) is 5.91 Å². The number of nitrogens with zero attached hydrogens (tertiary/aromatic N) is 4. The third kappa shape index (κ3) is 3.87. The Labute approximate surface area is 148 Å². The minimum atomic E-state index is -0.0944. The molecule has 0 saturated heterocycles. The maximum atomic E-state index is 12.6. The Kier molecular flexibility index (Phi) is 5.12. The topological polar surface area (TPSA) is 51.0 Å². The lowest BCUT2D eigenvalue weighted by Crippen LogP contribution is -2.28. The fourth-order valence-corrected chi connectivity index (χ4v) is 2.85. The number of carbonyl (C=O) groups is 1. The van der Waals surface area contributed by atoms with Crippen LogP contribution in [0.1, 0.15) is 36.6 Å². The number of hydrogen-bond acceptors (Lipinski definition) is 3. The molecule has 1 amide bonds. The van der Waals surface area contributed by atoms with E-state index in [1.807, 2.05) is 30.3 Å². The fourth-order valence-electron chi connectivity index (χ4n) is 2.85. The number of carbonyl (C=O) groups excluding carboxylic acids is 1. The summed E-state index contributed by atoms with van der Waals surface area (Å²) in [4.78, 5) is 23.1. The van der Waals surface area contributed by atoms with Crippen molar-refractivity contribution >= 4 is 16.9 Å². The van der Waals surface area contributed by atoms with Gasteiger partial charge in [0.15, 0.2) is 0 Å². The van der Waals surface area contributed by atoms with Crippen molar-refractivity contribution in [3.63, 3.8) is 0 Å². The molecule has 2 heterocycles. The van der Waals surface area contributed by atoms with Gasteiger partial charge in [0, 0.05) is 19.8 Å². The van der Waals surface area contributed by atoms with Crippen molar-refractivity contribution in [1.82, 2.24) is 19.4 Å². The van der Waals surface area contributed by atoms with Gasteiger partial charge in [0.1, 0.15) is 11.5 Å². The van der Waals surface area contributed by atoms with E-state index < -0.39 is 0 Å². The number of para-hydroxylation sites is 2. The van der Waals surface area contributed by atoms with E-state index >= 15 is 0 Å². The van der Waals surface area contributed by atoms with Gasteiger partial charge in [-0.05, 0) is 36.6 Å². The lowest BCUT2D eigenvalue weighted by Gasteiger charge is -2.18. The smallest absolute Gasteiger partial charge is 0.272 e. The fraction of sp³-hybridized carbons (Fsp3) is 0.350. The summed E-state index contributed by atoms with van der Waals surface area (Å²) in [6.07, 6.45) is 2.71.